The fraction of sp³-hybridized carbons (Fsp3) is 0.615. The smallest absolute Gasteiger partial charge is 0.326 e. The van der Waals surface area contributed by atoms with Crippen LogP contribution in [-0.4, -0.2) is 87.0 Å². The number of unbranched alkanes of at least 4 members (excludes halogenated alkanes) is 1. The number of amides is 2. The first kappa shape index (κ1) is 27.4. The van der Waals surface area contributed by atoms with Gasteiger partial charge in [-0.05, 0) is 76.6 Å². The van der Waals surface area contributed by atoms with E-state index < -0.39 is 12.0 Å². The molecule has 1 atom stereocenters. The van der Waals surface area contributed by atoms with Crippen molar-refractivity contribution in [2.45, 2.75) is 65.0 Å². The highest BCUT2D eigenvalue weighted by Crippen LogP contribution is 2.20. The van der Waals surface area contributed by atoms with Crippen LogP contribution in [0.3, 0.4) is 0 Å². The van der Waals surface area contributed by atoms with Crippen LogP contribution in [0.25, 0.3) is 0 Å². The van der Waals surface area contributed by atoms with E-state index in [2.05, 4.69) is 32.8 Å². The molecule has 3 rings (SSSR count). The number of fused-ring (bicyclic) bond motifs is 1. The average Bonchev–Trinajstić information content (AvgIpc) is 3.41. The van der Waals surface area contributed by atoms with Gasteiger partial charge in [-0.25, -0.2) is 14.6 Å². The summed E-state index contributed by atoms with van der Waals surface area (Å²) in [7, 11) is 0. The first-order valence-corrected chi connectivity index (χ1v) is 13.2. The quantitative estimate of drug-likeness (QED) is 0.323. The van der Waals surface area contributed by atoms with E-state index in [1.165, 1.54) is 5.56 Å². The van der Waals surface area contributed by atoms with Crippen LogP contribution < -0.4 is 10.6 Å². The molecule has 10 heteroatoms. The Morgan fingerprint density at radius 2 is 2.03 bits per heavy atom. The highest BCUT2D eigenvalue weighted by Gasteiger charge is 2.23. The lowest BCUT2D eigenvalue weighted by atomic mass is 10.1. The van der Waals surface area contributed by atoms with Crippen molar-refractivity contribution < 1.29 is 14.7 Å². The molecule has 0 aromatic carbocycles. The number of carboxylic acid groups (broad SMARTS) is 1. The standard InChI is InChI=1S/C26H41N7O3/c1-3-32(4-2)26(36)30-23(25(34)35)13-18-31(19-20-33-17-8-15-28-33)16-6-5-10-22-12-11-21-9-7-14-27-24(21)29-22/h8,11-12,15,17,23H,3-7,9-10,13-14,16,18-20H2,1-2H3,(H,27,29)(H,30,36)(H,34,35). The van der Waals surface area contributed by atoms with Crippen molar-refractivity contribution >= 4 is 17.8 Å². The highest BCUT2D eigenvalue weighted by atomic mass is 16.4. The Bertz CT molecular complexity index is 947. The van der Waals surface area contributed by atoms with Gasteiger partial charge in [-0.1, -0.05) is 6.07 Å². The molecule has 0 spiro atoms. The number of aliphatic carboxylic acids is 1. The van der Waals surface area contributed by atoms with E-state index in [-0.39, 0.29) is 6.03 Å². The third kappa shape index (κ3) is 8.51. The van der Waals surface area contributed by atoms with Gasteiger partial charge in [-0.3, -0.25) is 4.68 Å². The number of pyridine rings is 1. The predicted octanol–water partition coefficient (Wildman–Crippen LogP) is 2.86. The van der Waals surface area contributed by atoms with Crippen LogP contribution in [0.4, 0.5) is 10.6 Å². The Balaban J connectivity index is 1.51. The van der Waals surface area contributed by atoms with E-state index in [1.807, 2.05) is 30.8 Å². The first-order valence-electron chi connectivity index (χ1n) is 13.2. The molecule has 36 heavy (non-hydrogen) atoms. The van der Waals surface area contributed by atoms with Gasteiger partial charge in [0.1, 0.15) is 11.9 Å². The molecule has 1 unspecified atom stereocenters. The number of anilines is 1. The van der Waals surface area contributed by atoms with E-state index in [0.717, 1.165) is 69.8 Å². The van der Waals surface area contributed by atoms with E-state index in [0.29, 0.717) is 26.1 Å². The number of carbonyl (C=O) groups is 2. The van der Waals surface area contributed by atoms with Crippen LogP contribution in [-0.2, 0) is 24.2 Å². The van der Waals surface area contributed by atoms with Gasteiger partial charge in [-0.15, -0.1) is 0 Å². The molecule has 1 aliphatic rings. The second-order valence-corrected chi connectivity index (χ2v) is 9.21. The minimum atomic E-state index is -1.00. The Labute approximate surface area is 214 Å². The number of aryl methyl sites for hydroxylation is 2. The normalized spacial score (nSPS) is 13.6. The van der Waals surface area contributed by atoms with E-state index >= 15 is 0 Å². The maximum absolute atomic E-state index is 12.4. The molecule has 10 nitrogen and oxygen atoms in total. The largest absolute Gasteiger partial charge is 0.480 e. The van der Waals surface area contributed by atoms with Gasteiger partial charge in [0.15, 0.2) is 0 Å². The molecular weight excluding hydrogens is 458 g/mol. The van der Waals surface area contributed by atoms with Gasteiger partial charge in [0.05, 0.1) is 6.54 Å². The SMILES string of the molecule is CCN(CC)C(=O)NC(CCN(CCCCc1ccc2c(n1)NCCC2)CCn1cccn1)C(=O)O. The van der Waals surface area contributed by atoms with Gasteiger partial charge < -0.3 is 25.5 Å². The van der Waals surface area contributed by atoms with Crippen molar-refractivity contribution in [2.75, 3.05) is 44.6 Å². The topological polar surface area (TPSA) is 116 Å². The number of rotatable bonds is 15. The third-order valence-corrected chi connectivity index (χ3v) is 6.69. The number of aromatic nitrogens is 3. The second kappa shape index (κ2) is 14.4. The lowest BCUT2D eigenvalue weighted by Gasteiger charge is -2.26. The molecule has 0 saturated heterocycles. The summed E-state index contributed by atoms with van der Waals surface area (Å²) < 4.78 is 1.88. The Kier molecular flexibility index (Phi) is 11.0. The minimum Gasteiger partial charge on any atom is -0.480 e. The molecule has 1 aliphatic heterocycles. The van der Waals surface area contributed by atoms with Crippen molar-refractivity contribution in [1.82, 2.24) is 29.9 Å². The van der Waals surface area contributed by atoms with Crippen LogP contribution in [0.1, 0.15) is 50.8 Å². The molecule has 198 valence electrons. The van der Waals surface area contributed by atoms with Crippen LogP contribution >= 0.6 is 0 Å². The summed E-state index contributed by atoms with van der Waals surface area (Å²) in [4.78, 5) is 32.9. The summed E-state index contributed by atoms with van der Waals surface area (Å²) in [6.45, 7) is 8.76. The van der Waals surface area contributed by atoms with Crippen molar-refractivity contribution in [3.63, 3.8) is 0 Å². The lowest BCUT2D eigenvalue weighted by Crippen LogP contribution is -2.49. The molecule has 2 aromatic heterocycles. The van der Waals surface area contributed by atoms with Crippen molar-refractivity contribution in [3.05, 3.63) is 41.9 Å². The van der Waals surface area contributed by atoms with Gasteiger partial charge in [0.2, 0.25) is 0 Å². The molecular formula is C26H41N7O3. The summed E-state index contributed by atoms with van der Waals surface area (Å²) in [5.74, 6) is 0.0284. The first-order chi connectivity index (χ1) is 17.5. The molecule has 2 aromatic rings. The molecule has 0 bridgehead atoms. The van der Waals surface area contributed by atoms with Crippen molar-refractivity contribution in [1.29, 1.82) is 0 Å². The number of nitrogens with one attached hydrogen (secondary N) is 2. The van der Waals surface area contributed by atoms with E-state index in [4.69, 9.17) is 4.98 Å². The maximum Gasteiger partial charge on any atom is 0.326 e. The number of urea groups is 1. The lowest BCUT2D eigenvalue weighted by molar-refractivity contribution is -0.139. The fourth-order valence-corrected chi connectivity index (χ4v) is 4.48. The number of nitrogens with zero attached hydrogens (tertiary/aromatic N) is 5. The summed E-state index contributed by atoms with van der Waals surface area (Å²) in [5.41, 5.74) is 2.41. The zero-order chi connectivity index (χ0) is 25.8. The molecule has 0 fully saturated rings. The van der Waals surface area contributed by atoms with Gasteiger partial charge in [0, 0.05) is 50.8 Å². The van der Waals surface area contributed by atoms with Gasteiger partial charge in [0.25, 0.3) is 0 Å². The summed E-state index contributed by atoms with van der Waals surface area (Å²) in [6, 6.07) is 4.98. The number of hydrogen-bond donors (Lipinski definition) is 3. The van der Waals surface area contributed by atoms with E-state index in [9.17, 15) is 14.7 Å². The van der Waals surface area contributed by atoms with Crippen molar-refractivity contribution in [2.24, 2.45) is 0 Å². The zero-order valence-corrected chi connectivity index (χ0v) is 21.7. The molecule has 0 aliphatic carbocycles. The number of carboxylic acids is 1. The summed E-state index contributed by atoms with van der Waals surface area (Å²) >= 11 is 0. The zero-order valence-electron chi connectivity index (χ0n) is 21.7. The molecule has 3 heterocycles. The highest BCUT2D eigenvalue weighted by molar-refractivity contribution is 5.82. The van der Waals surface area contributed by atoms with Gasteiger partial charge in [-0.2, -0.15) is 5.10 Å². The predicted molar refractivity (Wildman–Crippen MR) is 140 cm³/mol. The Hall–Kier alpha value is -3.14. The molecule has 2 amide bonds. The fourth-order valence-electron chi connectivity index (χ4n) is 4.48. The van der Waals surface area contributed by atoms with Crippen LogP contribution in [0, 0.1) is 0 Å². The van der Waals surface area contributed by atoms with Gasteiger partial charge >= 0.3 is 12.0 Å². The van der Waals surface area contributed by atoms with Crippen LogP contribution in [0.2, 0.25) is 0 Å². The summed E-state index contributed by atoms with van der Waals surface area (Å²) in [5, 5.41) is 20.1. The van der Waals surface area contributed by atoms with E-state index in [1.54, 1.807) is 11.1 Å². The number of hydrogen-bond acceptors (Lipinski definition) is 6. The molecule has 3 N–H and O–H groups in total. The third-order valence-electron chi connectivity index (χ3n) is 6.69. The summed E-state index contributed by atoms with van der Waals surface area (Å²) in [6.07, 6.45) is 9.18. The number of carbonyl (C=O) groups excluding carboxylic acids is 1. The maximum atomic E-state index is 12.4. The monoisotopic (exact) mass is 499 g/mol. The van der Waals surface area contributed by atoms with Crippen LogP contribution in [0.5, 0.6) is 0 Å². The average molecular weight is 500 g/mol. The molecule has 0 saturated carbocycles. The minimum absolute atomic E-state index is 0.331. The second-order valence-electron chi connectivity index (χ2n) is 9.21. The Morgan fingerprint density at radius 1 is 1.19 bits per heavy atom. The van der Waals surface area contributed by atoms with Crippen LogP contribution in [0.15, 0.2) is 30.6 Å². The Morgan fingerprint density at radius 3 is 2.75 bits per heavy atom. The molecule has 0 radical (unpaired) electrons. The van der Waals surface area contributed by atoms with Crippen molar-refractivity contribution in [3.8, 4) is 0 Å².